The number of hydrogen-bond acceptors (Lipinski definition) is 4. The normalized spacial score (nSPS) is 12.4. The highest BCUT2D eigenvalue weighted by atomic mass is 35.5. The Morgan fingerprint density at radius 1 is 1.40 bits per heavy atom. The van der Waals surface area contributed by atoms with Crippen molar-refractivity contribution >= 4 is 17.3 Å². The third-order valence-electron chi connectivity index (χ3n) is 3.24. The molecule has 0 fully saturated rings. The molecular weight excluding hydrogens is 280 g/mol. The molecule has 5 nitrogen and oxygen atoms in total. The second-order valence-electron chi connectivity index (χ2n) is 4.59. The van der Waals surface area contributed by atoms with E-state index in [-0.39, 0.29) is 16.8 Å². The SMILES string of the molecule is CNC(C)c1ccc(-c2cc(Cl)c([N+](=O)[O-])cc2C)o1. The fourth-order valence-electron chi connectivity index (χ4n) is 1.94. The summed E-state index contributed by atoms with van der Waals surface area (Å²) in [5, 5.41) is 14.0. The molecule has 2 rings (SSSR count). The van der Waals surface area contributed by atoms with Gasteiger partial charge in [0.15, 0.2) is 0 Å². The summed E-state index contributed by atoms with van der Waals surface area (Å²) in [4.78, 5) is 10.4. The number of nitro groups is 1. The zero-order chi connectivity index (χ0) is 14.9. The average molecular weight is 295 g/mol. The predicted octanol–water partition coefficient (Wildman–Crippen LogP) is 4.10. The third kappa shape index (κ3) is 2.69. The third-order valence-corrected chi connectivity index (χ3v) is 3.55. The average Bonchev–Trinajstić information content (AvgIpc) is 2.89. The topological polar surface area (TPSA) is 68.3 Å². The van der Waals surface area contributed by atoms with Crippen molar-refractivity contribution in [3.8, 4) is 11.3 Å². The molecule has 0 amide bonds. The minimum atomic E-state index is -0.490. The van der Waals surface area contributed by atoms with Crippen molar-refractivity contribution in [1.29, 1.82) is 0 Å². The molecule has 106 valence electrons. The Morgan fingerprint density at radius 3 is 2.70 bits per heavy atom. The lowest BCUT2D eigenvalue weighted by Crippen LogP contribution is -2.11. The first kappa shape index (κ1) is 14.6. The van der Waals surface area contributed by atoms with E-state index in [2.05, 4.69) is 5.32 Å². The molecule has 0 bridgehead atoms. The highest BCUT2D eigenvalue weighted by Gasteiger charge is 2.18. The zero-order valence-corrected chi connectivity index (χ0v) is 12.2. The first-order chi connectivity index (χ1) is 9.43. The number of nitrogens with one attached hydrogen (secondary N) is 1. The van der Waals surface area contributed by atoms with Gasteiger partial charge in [0.25, 0.3) is 5.69 Å². The van der Waals surface area contributed by atoms with Crippen LogP contribution in [0.2, 0.25) is 5.02 Å². The maximum atomic E-state index is 10.8. The van der Waals surface area contributed by atoms with E-state index in [1.54, 1.807) is 13.0 Å². The first-order valence-corrected chi connectivity index (χ1v) is 6.53. The van der Waals surface area contributed by atoms with Crippen LogP contribution in [-0.4, -0.2) is 12.0 Å². The van der Waals surface area contributed by atoms with Crippen molar-refractivity contribution in [2.45, 2.75) is 19.9 Å². The van der Waals surface area contributed by atoms with Gasteiger partial charge in [0.1, 0.15) is 16.5 Å². The Morgan fingerprint density at radius 2 is 2.10 bits per heavy atom. The standard InChI is InChI=1S/C14H15ClN2O3/c1-8-6-12(17(18)19)11(15)7-10(8)14-5-4-13(20-14)9(2)16-3/h4-7,9,16H,1-3H3. The van der Waals surface area contributed by atoms with Gasteiger partial charge in [-0.1, -0.05) is 11.6 Å². The molecule has 6 heteroatoms. The monoisotopic (exact) mass is 294 g/mol. The van der Waals surface area contributed by atoms with Crippen LogP contribution in [-0.2, 0) is 0 Å². The van der Waals surface area contributed by atoms with Gasteiger partial charge in [-0.2, -0.15) is 0 Å². The lowest BCUT2D eigenvalue weighted by atomic mass is 10.1. The van der Waals surface area contributed by atoms with Gasteiger partial charge in [-0.15, -0.1) is 0 Å². The summed E-state index contributed by atoms with van der Waals surface area (Å²) < 4.78 is 5.77. The van der Waals surface area contributed by atoms with Gasteiger partial charge in [-0.25, -0.2) is 0 Å². The van der Waals surface area contributed by atoms with Crippen LogP contribution >= 0.6 is 11.6 Å². The predicted molar refractivity (Wildman–Crippen MR) is 78.0 cm³/mol. The Balaban J connectivity index is 2.45. The lowest BCUT2D eigenvalue weighted by Gasteiger charge is -2.07. The van der Waals surface area contributed by atoms with Crippen LogP contribution in [0, 0.1) is 17.0 Å². The van der Waals surface area contributed by atoms with Gasteiger partial charge in [0.05, 0.1) is 11.0 Å². The molecule has 0 saturated carbocycles. The highest BCUT2D eigenvalue weighted by Crippen LogP contribution is 2.34. The van der Waals surface area contributed by atoms with Crippen LogP contribution in [0.5, 0.6) is 0 Å². The number of rotatable bonds is 4. The number of nitro benzene ring substituents is 1. The minimum Gasteiger partial charge on any atom is -0.459 e. The molecule has 0 aliphatic carbocycles. The fraction of sp³-hybridized carbons (Fsp3) is 0.286. The number of furan rings is 1. The van der Waals surface area contributed by atoms with E-state index in [1.807, 2.05) is 26.1 Å². The molecule has 1 atom stereocenters. The number of hydrogen-bond donors (Lipinski definition) is 1. The van der Waals surface area contributed by atoms with Gasteiger partial charge in [-0.05, 0) is 44.7 Å². The van der Waals surface area contributed by atoms with Crippen molar-refractivity contribution in [3.05, 3.63) is 50.7 Å². The molecule has 20 heavy (non-hydrogen) atoms. The Bertz CT molecular complexity index is 652. The summed E-state index contributed by atoms with van der Waals surface area (Å²) in [5.74, 6) is 1.45. The maximum absolute atomic E-state index is 10.8. The van der Waals surface area contributed by atoms with Crippen molar-refractivity contribution in [2.24, 2.45) is 0 Å². The van der Waals surface area contributed by atoms with E-state index in [9.17, 15) is 10.1 Å². The highest BCUT2D eigenvalue weighted by molar-refractivity contribution is 6.33. The van der Waals surface area contributed by atoms with Crippen LogP contribution < -0.4 is 5.32 Å². The Labute approximate surface area is 121 Å². The minimum absolute atomic E-state index is 0.0942. The van der Waals surface area contributed by atoms with Crippen molar-refractivity contribution in [3.63, 3.8) is 0 Å². The molecular formula is C14H15ClN2O3. The van der Waals surface area contributed by atoms with Gasteiger partial charge < -0.3 is 9.73 Å². The molecule has 1 unspecified atom stereocenters. The van der Waals surface area contributed by atoms with Crippen molar-refractivity contribution in [1.82, 2.24) is 5.32 Å². The first-order valence-electron chi connectivity index (χ1n) is 6.16. The van der Waals surface area contributed by atoms with Gasteiger partial charge in [0.2, 0.25) is 0 Å². The smallest absolute Gasteiger partial charge is 0.288 e. The summed E-state index contributed by atoms with van der Waals surface area (Å²) >= 11 is 5.95. The number of benzene rings is 1. The summed E-state index contributed by atoms with van der Waals surface area (Å²) in [5.41, 5.74) is 1.41. The molecule has 0 saturated heterocycles. The van der Waals surface area contributed by atoms with E-state index >= 15 is 0 Å². The summed E-state index contributed by atoms with van der Waals surface area (Å²) in [6, 6.07) is 6.85. The molecule has 0 aliphatic heterocycles. The second kappa shape index (κ2) is 5.64. The zero-order valence-electron chi connectivity index (χ0n) is 11.4. The number of aryl methyl sites for hydroxylation is 1. The second-order valence-corrected chi connectivity index (χ2v) is 5.00. The largest absolute Gasteiger partial charge is 0.459 e. The van der Waals surface area contributed by atoms with Crippen molar-refractivity contribution in [2.75, 3.05) is 7.05 Å². The molecule has 0 spiro atoms. The van der Waals surface area contributed by atoms with Gasteiger partial charge >= 0.3 is 0 Å². The molecule has 2 aromatic rings. The quantitative estimate of drug-likeness (QED) is 0.681. The van der Waals surface area contributed by atoms with E-state index in [4.69, 9.17) is 16.0 Å². The molecule has 1 aromatic heterocycles. The maximum Gasteiger partial charge on any atom is 0.288 e. The van der Waals surface area contributed by atoms with Crippen LogP contribution in [0.4, 0.5) is 5.69 Å². The van der Waals surface area contributed by atoms with E-state index in [0.717, 1.165) is 16.9 Å². The summed E-state index contributed by atoms with van der Waals surface area (Å²) in [7, 11) is 1.85. The van der Waals surface area contributed by atoms with Gasteiger partial charge in [-0.3, -0.25) is 10.1 Å². The molecule has 1 N–H and O–H groups in total. The number of nitrogens with zero attached hydrogens (tertiary/aromatic N) is 1. The fourth-order valence-corrected chi connectivity index (χ4v) is 2.18. The Kier molecular flexibility index (Phi) is 4.11. The van der Waals surface area contributed by atoms with Crippen LogP contribution in [0.25, 0.3) is 11.3 Å². The summed E-state index contributed by atoms with van der Waals surface area (Å²) in [6.07, 6.45) is 0. The molecule has 1 aromatic carbocycles. The van der Waals surface area contributed by atoms with E-state index in [1.165, 1.54) is 6.07 Å². The lowest BCUT2D eigenvalue weighted by molar-refractivity contribution is -0.384. The molecule has 0 radical (unpaired) electrons. The van der Waals surface area contributed by atoms with Gasteiger partial charge in [0, 0.05) is 11.6 Å². The van der Waals surface area contributed by atoms with Crippen LogP contribution in [0.15, 0.2) is 28.7 Å². The molecule has 1 heterocycles. The molecule has 0 aliphatic rings. The van der Waals surface area contributed by atoms with E-state index < -0.39 is 4.92 Å². The van der Waals surface area contributed by atoms with Crippen LogP contribution in [0.1, 0.15) is 24.3 Å². The van der Waals surface area contributed by atoms with Crippen molar-refractivity contribution < 1.29 is 9.34 Å². The Hall–Kier alpha value is -1.85. The number of halogens is 1. The van der Waals surface area contributed by atoms with Crippen LogP contribution in [0.3, 0.4) is 0 Å². The van der Waals surface area contributed by atoms with E-state index in [0.29, 0.717) is 5.76 Å². The summed E-state index contributed by atoms with van der Waals surface area (Å²) in [6.45, 7) is 3.78.